The number of hydrogen-bond donors (Lipinski definition) is 1. The van der Waals surface area contributed by atoms with Gasteiger partial charge in [0, 0.05) is 30.5 Å². The number of nitrogens with one attached hydrogen (secondary N) is 1. The van der Waals surface area contributed by atoms with Gasteiger partial charge in [0.15, 0.2) is 0 Å². The Morgan fingerprint density at radius 2 is 2.09 bits per heavy atom. The topological polar surface area (TPSA) is 107 Å². The number of carboxylic acid groups (broad SMARTS) is 1. The number of hydrogen-bond acceptors (Lipinski definition) is 5. The van der Waals surface area contributed by atoms with Crippen LogP contribution in [-0.2, 0) is 25.2 Å². The van der Waals surface area contributed by atoms with E-state index < -0.39 is 16.8 Å². The standard InChI is InChI=1S/C13H18N2O5S.Na/c1-3-8-9-6-10(21(20)5-4-14-7(2)16)11(13(18)19)15(9)12(8)17;/h8-9H,3-6H2,1-2H3,(H,14,16)(H,18,19);/q;+1/p-1. The van der Waals surface area contributed by atoms with Gasteiger partial charge >= 0.3 is 29.6 Å². The molecule has 0 saturated carbocycles. The zero-order valence-corrected chi connectivity index (χ0v) is 15.7. The molecule has 2 aliphatic rings. The van der Waals surface area contributed by atoms with E-state index in [9.17, 15) is 23.7 Å². The number of carbonyl (C=O) groups is 3. The van der Waals surface area contributed by atoms with Crippen molar-refractivity contribution in [1.82, 2.24) is 10.2 Å². The van der Waals surface area contributed by atoms with E-state index in [1.807, 2.05) is 6.92 Å². The molecule has 2 amide bonds. The Bertz CT molecular complexity index is 563. The van der Waals surface area contributed by atoms with Gasteiger partial charge in [0.25, 0.3) is 0 Å². The minimum Gasteiger partial charge on any atom is -0.543 e. The monoisotopic (exact) mass is 336 g/mol. The molecule has 0 spiro atoms. The van der Waals surface area contributed by atoms with Crippen LogP contribution < -0.4 is 40.0 Å². The molecular weight excluding hydrogens is 319 g/mol. The number of rotatable bonds is 6. The van der Waals surface area contributed by atoms with E-state index in [-0.39, 0.29) is 76.2 Å². The Hall–Kier alpha value is -0.700. The normalized spacial score (nSPS) is 24.3. The van der Waals surface area contributed by atoms with Crippen molar-refractivity contribution in [1.29, 1.82) is 0 Å². The third-order valence-corrected chi connectivity index (χ3v) is 5.30. The molecule has 3 atom stereocenters. The maximum atomic E-state index is 12.2. The van der Waals surface area contributed by atoms with E-state index in [1.165, 1.54) is 11.8 Å². The van der Waals surface area contributed by atoms with Crippen LogP contribution in [0.2, 0.25) is 0 Å². The van der Waals surface area contributed by atoms with Crippen molar-refractivity contribution in [2.24, 2.45) is 5.92 Å². The second kappa shape index (κ2) is 7.72. The molecule has 22 heavy (non-hydrogen) atoms. The molecule has 0 radical (unpaired) electrons. The van der Waals surface area contributed by atoms with Crippen LogP contribution >= 0.6 is 0 Å². The maximum Gasteiger partial charge on any atom is 1.00 e. The summed E-state index contributed by atoms with van der Waals surface area (Å²) in [5, 5.41) is 13.8. The molecule has 9 heteroatoms. The first-order valence-electron chi connectivity index (χ1n) is 6.78. The quantitative estimate of drug-likeness (QED) is 0.389. The van der Waals surface area contributed by atoms with Gasteiger partial charge in [-0.25, -0.2) is 0 Å². The van der Waals surface area contributed by atoms with Gasteiger partial charge in [-0.3, -0.25) is 13.8 Å². The van der Waals surface area contributed by atoms with Crippen molar-refractivity contribution in [3.05, 3.63) is 10.6 Å². The molecule has 1 fully saturated rings. The SMILES string of the molecule is CCC1C(=O)N2C(C(=O)[O-])=C(S(=O)CCNC(C)=O)CC12.[Na+]. The Morgan fingerprint density at radius 3 is 2.59 bits per heavy atom. The summed E-state index contributed by atoms with van der Waals surface area (Å²) in [6, 6.07) is -0.213. The molecule has 1 saturated heterocycles. The van der Waals surface area contributed by atoms with E-state index in [1.54, 1.807) is 0 Å². The number of carboxylic acids is 1. The summed E-state index contributed by atoms with van der Waals surface area (Å²) in [6.07, 6.45) is 0.937. The summed E-state index contributed by atoms with van der Waals surface area (Å²) >= 11 is 0. The minimum absolute atomic E-state index is 0. The smallest absolute Gasteiger partial charge is 0.543 e. The van der Waals surface area contributed by atoms with Gasteiger partial charge < -0.3 is 20.1 Å². The first-order valence-corrected chi connectivity index (χ1v) is 8.10. The van der Waals surface area contributed by atoms with Crippen molar-refractivity contribution in [2.45, 2.75) is 32.7 Å². The fraction of sp³-hybridized carbons (Fsp3) is 0.615. The first-order chi connectivity index (χ1) is 9.88. The summed E-state index contributed by atoms with van der Waals surface area (Å²) in [5.74, 6) is -2.03. The largest absolute Gasteiger partial charge is 1.00 e. The molecule has 1 N–H and O–H groups in total. The number of aliphatic carboxylic acids is 1. The summed E-state index contributed by atoms with van der Waals surface area (Å²) in [6.45, 7) is 3.41. The number of carbonyl (C=O) groups excluding carboxylic acids is 3. The molecule has 2 rings (SSSR count). The Kier molecular flexibility index (Phi) is 6.79. The van der Waals surface area contributed by atoms with Crippen molar-refractivity contribution >= 4 is 28.6 Å². The minimum atomic E-state index is -1.55. The van der Waals surface area contributed by atoms with Gasteiger partial charge in [-0.1, -0.05) is 6.92 Å². The molecule has 0 aliphatic carbocycles. The van der Waals surface area contributed by atoms with Crippen molar-refractivity contribution in [2.75, 3.05) is 12.3 Å². The fourth-order valence-corrected chi connectivity index (χ4v) is 4.13. The van der Waals surface area contributed by atoms with Crippen LogP contribution in [0, 0.1) is 5.92 Å². The second-order valence-corrected chi connectivity index (χ2v) is 6.68. The van der Waals surface area contributed by atoms with E-state index >= 15 is 0 Å². The average molecular weight is 336 g/mol. The predicted molar refractivity (Wildman–Crippen MR) is 72.8 cm³/mol. The van der Waals surface area contributed by atoms with E-state index in [2.05, 4.69) is 5.32 Å². The van der Waals surface area contributed by atoms with E-state index in [0.29, 0.717) is 12.8 Å². The van der Waals surface area contributed by atoms with Crippen LogP contribution in [0.25, 0.3) is 0 Å². The summed E-state index contributed by atoms with van der Waals surface area (Å²) in [7, 11) is -1.55. The third kappa shape index (κ3) is 3.45. The van der Waals surface area contributed by atoms with Crippen molar-refractivity contribution in [3.8, 4) is 0 Å². The Balaban J connectivity index is 0.00000242. The Labute approximate surface area is 153 Å². The summed E-state index contributed by atoms with van der Waals surface area (Å²) in [5.41, 5.74) is -0.240. The first kappa shape index (κ1) is 19.3. The summed E-state index contributed by atoms with van der Waals surface area (Å²) < 4.78 is 12.2. The van der Waals surface area contributed by atoms with Gasteiger partial charge in [-0.15, -0.1) is 0 Å². The van der Waals surface area contributed by atoms with Crippen LogP contribution in [0.5, 0.6) is 0 Å². The molecule has 7 nitrogen and oxygen atoms in total. The molecule has 0 aromatic carbocycles. The van der Waals surface area contributed by atoms with Gasteiger partial charge in [0.1, 0.15) is 0 Å². The average Bonchev–Trinajstić information content (AvgIpc) is 2.74. The molecular formula is C13H17N2NaO5S. The molecule has 3 unspecified atom stereocenters. The summed E-state index contributed by atoms with van der Waals surface area (Å²) in [4.78, 5) is 35.4. The van der Waals surface area contributed by atoms with Crippen molar-refractivity contribution < 1.29 is 53.3 Å². The van der Waals surface area contributed by atoms with E-state index in [0.717, 1.165) is 0 Å². The van der Waals surface area contributed by atoms with Crippen LogP contribution in [-0.4, -0.2) is 45.2 Å². The molecule has 0 bridgehead atoms. The zero-order chi connectivity index (χ0) is 15.7. The van der Waals surface area contributed by atoms with Crippen LogP contribution in [0.1, 0.15) is 26.7 Å². The number of β-lactam (4-membered cyclic amide) rings is 1. The van der Waals surface area contributed by atoms with Crippen LogP contribution in [0.3, 0.4) is 0 Å². The van der Waals surface area contributed by atoms with Gasteiger partial charge in [-0.05, 0) is 6.42 Å². The van der Waals surface area contributed by atoms with Gasteiger partial charge in [0.05, 0.1) is 34.4 Å². The van der Waals surface area contributed by atoms with Gasteiger partial charge in [0.2, 0.25) is 11.8 Å². The molecule has 0 aromatic heterocycles. The molecule has 2 heterocycles. The van der Waals surface area contributed by atoms with Crippen LogP contribution in [0.4, 0.5) is 0 Å². The second-order valence-electron chi connectivity index (χ2n) is 5.09. The van der Waals surface area contributed by atoms with Crippen LogP contribution in [0.15, 0.2) is 10.6 Å². The van der Waals surface area contributed by atoms with Crippen molar-refractivity contribution in [3.63, 3.8) is 0 Å². The number of fused-ring (bicyclic) bond motifs is 1. The van der Waals surface area contributed by atoms with E-state index in [4.69, 9.17) is 0 Å². The van der Waals surface area contributed by atoms with Gasteiger partial charge in [-0.2, -0.15) is 0 Å². The fourth-order valence-electron chi connectivity index (χ4n) is 2.84. The number of amides is 2. The number of nitrogens with zero attached hydrogens (tertiary/aromatic N) is 1. The third-order valence-electron chi connectivity index (χ3n) is 3.82. The molecule has 116 valence electrons. The predicted octanol–water partition coefficient (Wildman–Crippen LogP) is -4.52. The zero-order valence-electron chi connectivity index (χ0n) is 12.9. The Morgan fingerprint density at radius 1 is 1.45 bits per heavy atom. The molecule has 2 aliphatic heterocycles. The molecule has 0 aromatic rings. The maximum absolute atomic E-state index is 12.2.